The molecule has 0 spiro atoms. The molecule has 6 heteroatoms. The van der Waals surface area contributed by atoms with E-state index >= 15 is 0 Å². The lowest BCUT2D eigenvalue weighted by atomic mass is 9.88. The lowest BCUT2D eigenvalue weighted by molar-refractivity contribution is 0.0610. The molecule has 1 aliphatic heterocycles. The number of aliphatic hydroxyl groups is 1. The standard InChI is InChI=1S/C20H27N3O2S/c1-15-14-26-19(22-15)13-21-20(25)23-11-9-17(10-12-23)18(24)8-7-16-5-3-2-4-6-16/h2-6,14,17-18,24H,7-13H2,1H3,(H,21,25)/t18-/m1/s1. The number of hydrogen-bond acceptors (Lipinski definition) is 4. The van der Waals surface area contributed by atoms with E-state index in [1.165, 1.54) is 5.56 Å². The van der Waals surface area contributed by atoms with Crippen LogP contribution in [-0.2, 0) is 13.0 Å². The fourth-order valence-corrected chi connectivity index (χ4v) is 4.14. The van der Waals surface area contributed by atoms with Gasteiger partial charge in [-0.2, -0.15) is 0 Å². The van der Waals surface area contributed by atoms with Gasteiger partial charge in [0.15, 0.2) is 0 Å². The van der Waals surface area contributed by atoms with Crippen molar-refractivity contribution < 1.29 is 9.90 Å². The third-order valence-electron chi connectivity index (χ3n) is 5.00. The van der Waals surface area contributed by atoms with Crippen molar-refractivity contribution in [3.63, 3.8) is 0 Å². The van der Waals surface area contributed by atoms with E-state index in [1.807, 2.05) is 35.4 Å². The molecule has 2 heterocycles. The van der Waals surface area contributed by atoms with Gasteiger partial charge in [-0.25, -0.2) is 9.78 Å². The van der Waals surface area contributed by atoms with Crippen LogP contribution in [0.2, 0.25) is 0 Å². The summed E-state index contributed by atoms with van der Waals surface area (Å²) in [6, 6.07) is 10.2. The number of aryl methyl sites for hydroxylation is 2. The molecule has 2 amide bonds. The summed E-state index contributed by atoms with van der Waals surface area (Å²) < 4.78 is 0. The van der Waals surface area contributed by atoms with Crippen LogP contribution in [0.25, 0.3) is 0 Å². The summed E-state index contributed by atoms with van der Waals surface area (Å²) in [4.78, 5) is 18.5. The number of urea groups is 1. The fraction of sp³-hybridized carbons (Fsp3) is 0.500. The fourth-order valence-electron chi connectivity index (χ4n) is 3.43. The number of aromatic nitrogens is 1. The van der Waals surface area contributed by atoms with Crippen molar-refractivity contribution in [3.8, 4) is 0 Å². The number of carbonyl (C=O) groups is 1. The number of nitrogens with one attached hydrogen (secondary N) is 1. The Morgan fingerprint density at radius 2 is 2.08 bits per heavy atom. The van der Waals surface area contributed by atoms with E-state index in [0.29, 0.717) is 19.6 Å². The number of rotatable bonds is 6. The monoisotopic (exact) mass is 373 g/mol. The molecule has 1 aromatic heterocycles. The molecule has 0 bridgehead atoms. The summed E-state index contributed by atoms with van der Waals surface area (Å²) in [5.41, 5.74) is 2.25. The van der Waals surface area contributed by atoms with E-state index in [1.54, 1.807) is 11.3 Å². The Hall–Kier alpha value is -1.92. The molecule has 0 unspecified atom stereocenters. The van der Waals surface area contributed by atoms with Gasteiger partial charge < -0.3 is 15.3 Å². The van der Waals surface area contributed by atoms with Crippen LogP contribution in [-0.4, -0.2) is 40.2 Å². The van der Waals surface area contributed by atoms with Gasteiger partial charge in [0.05, 0.1) is 12.6 Å². The van der Waals surface area contributed by atoms with Crippen molar-refractivity contribution in [3.05, 3.63) is 52.0 Å². The molecule has 0 aliphatic carbocycles. The minimum atomic E-state index is -0.293. The molecule has 2 N–H and O–H groups in total. The molecular weight excluding hydrogens is 346 g/mol. The number of thiazole rings is 1. The van der Waals surface area contributed by atoms with Gasteiger partial charge in [-0.3, -0.25) is 0 Å². The van der Waals surface area contributed by atoms with Gasteiger partial charge in [-0.15, -0.1) is 11.3 Å². The minimum Gasteiger partial charge on any atom is -0.393 e. The van der Waals surface area contributed by atoms with E-state index in [2.05, 4.69) is 22.4 Å². The lowest BCUT2D eigenvalue weighted by Crippen LogP contribution is -2.45. The Balaban J connectivity index is 1.38. The normalized spacial score (nSPS) is 16.5. The summed E-state index contributed by atoms with van der Waals surface area (Å²) in [6.07, 6.45) is 3.11. The summed E-state index contributed by atoms with van der Waals surface area (Å²) in [7, 11) is 0. The Morgan fingerprint density at radius 1 is 1.35 bits per heavy atom. The first-order chi connectivity index (χ1) is 12.6. The number of amides is 2. The van der Waals surface area contributed by atoms with E-state index in [-0.39, 0.29) is 18.1 Å². The highest BCUT2D eigenvalue weighted by Crippen LogP contribution is 2.23. The number of aliphatic hydroxyl groups excluding tert-OH is 1. The maximum Gasteiger partial charge on any atom is 0.317 e. The van der Waals surface area contributed by atoms with Crippen LogP contribution in [0.15, 0.2) is 35.7 Å². The van der Waals surface area contributed by atoms with E-state index < -0.39 is 0 Å². The van der Waals surface area contributed by atoms with Crippen molar-refractivity contribution in [2.24, 2.45) is 5.92 Å². The minimum absolute atomic E-state index is 0.0323. The van der Waals surface area contributed by atoms with Gasteiger partial charge in [-0.1, -0.05) is 30.3 Å². The highest BCUT2D eigenvalue weighted by molar-refractivity contribution is 7.09. The molecule has 1 fully saturated rings. The molecule has 26 heavy (non-hydrogen) atoms. The molecule has 1 saturated heterocycles. The van der Waals surface area contributed by atoms with Crippen LogP contribution in [0, 0.1) is 12.8 Å². The van der Waals surface area contributed by atoms with Gasteiger partial charge in [0, 0.05) is 24.2 Å². The first kappa shape index (κ1) is 18.9. The van der Waals surface area contributed by atoms with Crippen LogP contribution < -0.4 is 5.32 Å². The maximum atomic E-state index is 12.3. The van der Waals surface area contributed by atoms with E-state index in [4.69, 9.17) is 0 Å². The Morgan fingerprint density at radius 3 is 2.73 bits per heavy atom. The molecule has 3 rings (SSSR count). The largest absolute Gasteiger partial charge is 0.393 e. The molecule has 0 saturated carbocycles. The smallest absolute Gasteiger partial charge is 0.317 e. The number of carbonyl (C=O) groups excluding carboxylic acids is 1. The van der Waals surface area contributed by atoms with Crippen LogP contribution in [0.5, 0.6) is 0 Å². The van der Waals surface area contributed by atoms with Gasteiger partial charge in [0.25, 0.3) is 0 Å². The van der Waals surface area contributed by atoms with Crippen LogP contribution in [0.4, 0.5) is 4.79 Å². The third kappa shape index (κ3) is 5.29. The number of nitrogens with zero attached hydrogens (tertiary/aromatic N) is 2. The molecule has 0 radical (unpaired) electrons. The molecule has 140 valence electrons. The number of benzene rings is 1. The van der Waals surface area contributed by atoms with Crippen LogP contribution in [0.1, 0.15) is 35.5 Å². The SMILES string of the molecule is Cc1csc(CNC(=O)N2CCC([C@H](O)CCc3ccccc3)CC2)n1. The zero-order valence-electron chi connectivity index (χ0n) is 15.2. The molecule has 5 nitrogen and oxygen atoms in total. The van der Waals surface area contributed by atoms with Gasteiger partial charge >= 0.3 is 6.03 Å². The van der Waals surface area contributed by atoms with Crippen LogP contribution >= 0.6 is 11.3 Å². The second-order valence-electron chi connectivity index (χ2n) is 6.96. The zero-order chi connectivity index (χ0) is 18.4. The average Bonchev–Trinajstić information content (AvgIpc) is 3.10. The zero-order valence-corrected chi connectivity index (χ0v) is 16.0. The molecule has 1 atom stereocenters. The number of piperidine rings is 1. The first-order valence-corrected chi connectivity index (χ1v) is 10.2. The summed E-state index contributed by atoms with van der Waals surface area (Å²) in [5, 5.41) is 16.4. The van der Waals surface area contributed by atoms with Crippen molar-refractivity contribution >= 4 is 17.4 Å². The quantitative estimate of drug-likeness (QED) is 0.816. The lowest BCUT2D eigenvalue weighted by Gasteiger charge is -2.34. The highest BCUT2D eigenvalue weighted by Gasteiger charge is 2.27. The Bertz CT molecular complexity index is 696. The highest BCUT2D eigenvalue weighted by atomic mass is 32.1. The van der Waals surface area contributed by atoms with Crippen molar-refractivity contribution in [1.82, 2.24) is 15.2 Å². The Kier molecular flexibility index (Phi) is 6.63. The van der Waals surface area contributed by atoms with Crippen LogP contribution in [0.3, 0.4) is 0 Å². The van der Waals surface area contributed by atoms with Gasteiger partial charge in [-0.05, 0) is 44.1 Å². The maximum absolute atomic E-state index is 12.3. The molecule has 1 aliphatic rings. The molecular formula is C20H27N3O2S. The van der Waals surface area contributed by atoms with Crippen molar-refractivity contribution in [2.45, 2.75) is 45.3 Å². The van der Waals surface area contributed by atoms with Crippen molar-refractivity contribution in [1.29, 1.82) is 0 Å². The first-order valence-electron chi connectivity index (χ1n) is 9.27. The summed E-state index contributed by atoms with van der Waals surface area (Å²) in [6.45, 7) is 3.85. The van der Waals surface area contributed by atoms with Gasteiger partial charge in [0.2, 0.25) is 0 Å². The van der Waals surface area contributed by atoms with Crippen molar-refractivity contribution in [2.75, 3.05) is 13.1 Å². The number of hydrogen-bond donors (Lipinski definition) is 2. The number of likely N-dealkylation sites (tertiary alicyclic amines) is 1. The second kappa shape index (κ2) is 9.14. The predicted octanol–water partition coefficient (Wildman–Crippen LogP) is 3.37. The second-order valence-corrected chi connectivity index (χ2v) is 7.90. The van der Waals surface area contributed by atoms with E-state index in [9.17, 15) is 9.90 Å². The topological polar surface area (TPSA) is 65.5 Å². The summed E-state index contributed by atoms with van der Waals surface area (Å²) in [5.74, 6) is 0.282. The summed E-state index contributed by atoms with van der Waals surface area (Å²) >= 11 is 1.57. The molecule has 2 aromatic rings. The predicted molar refractivity (Wildman–Crippen MR) is 104 cm³/mol. The Labute approximate surface area is 159 Å². The molecule has 1 aromatic carbocycles. The average molecular weight is 374 g/mol. The van der Waals surface area contributed by atoms with Gasteiger partial charge in [0.1, 0.15) is 5.01 Å². The van der Waals surface area contributed by atoms with E-state index in [0.717, 1.165) is 36.4 Å². The third-order valence-corrected chi connectivity index (χ3v) is 5.97.